The minimum absolute atomic E-state index is 0.0154. The Morgan fingerprint density at radius 3 is 2.27 bits per heavy atom. The molecule has 3 atom stereocenters. The summed E-state index contributed by atoms with van der Waals surface area (Å²) in [4.78, 5) is 25.8. The monoisotopic (exact) mass is 512 g/mol. The second kappa shape index (κ2) is 13.4. The summed E-state index contributed by atoms with van der Waals surface area (Å²) in [6, 6.07) is 0. The molecule has 0 amide bonds. The van der Waals surface area contributed by atoms with Crippen molar-refractivity contribution in [2.45, 2.75) is 136 Å². The highest BCUT2D eigenvalue weighted by Crippen LogP contribution is 2.66. The predicted octanol–water partition coefficient (Wildman–Crippen LogP) is 8.19. The highest BCUT2D eigenvalue weighted by molar-refractivity contribution is 6.05. The number of ether oxygens (including phenoxy) is 1. The van der Waals surface area contributed by atoms with Gasteiger partial charge in [0.2, 0.25) is 0 Å². The highest BCUT2D eigenvalue weighted by Gasteiger charge is 2.66. The molecular weight excluding hydrogens is 460 g/mol. The van der Waals surface area contributed by atoms with Crippen LogP contribution in [-0.2, 0) is 14.3 Å². The molecule has 208 valence electrons. The van der Waals surface area contributed by atoms with Gasteiger partial charge in [-0.1, -0.05) is 89.7 Å². The van der Waals surface area contributed by atoms with Crippen LogP contribution in [0.5, 0.6) is 0 Å². The van der Waals surface area contributed by atoms with Gasteiger partial charge in [0.05, 0.1) is 0 Å². The van der Waals surface area contributed by atoms with E-state index in [2.05, 4.69) is 52.0 Å². The third-order valence-corrected chi connectivity index (χ3v) is 9.17. The molecule has 0 aromatic heterocycles. The molecule has 3 aliphatic carbocycles. The zero-order chi connectivity index (χ0) is 26.9. The lowest BCUT2D eigenvalue weighted by molar-refractivity contribution is -0.150. The van der Waals surface area contributed by atoms with E-state index in [0.717, 1.165) is 56.9 Å². The zero-order valence-electron chi connectivity index (χ0n) is 24.1. The molecule has 37 heavy (non-hydrogen) atoms. The van der Waals surface area contributed by atoms with Crippen molar-refractivity contribution in [1.29, 1.82) is 0 Å². The van der Waals surface area contributed by atoms with E-state index in [1.54, 1.807) is 0 Å². The van der Waals surface area contributed by atoms with E-state index in [1.807, 2.05) is 0 Å². The first-order chi connectivity index (χ1) is 17.6. The molecule has 0 aliphatic heterocycles. The molecule has 2 saturated carbocycles. The van der Waals surface area contributed by atoms with Gasteiger partial charge >= 0.3 is 5.97 Å². The maximum Gasteiger partial charge on any atom is 0.306 e. The van der Waals surface area contributed by atoms with E-state index in [0.29, 0.717) is 18.4 Å². The first kappa shape index (κ1) is 29.9. The molecule has 3 aliphatic rings. The van der Waals surface area contributed by atoms with Crippen molar-refractivity contribution < 1.29 is 19.4 Å². The first-order valence-electron chi connectivity index (χ1n) is 15.1. The second-order valence-electron chi connectivity index (χ2n) is 12.9. The molecule has 0 unspecified atom stereocenters. The maximum atomic E-state index is 13.4. The van der Waals surface area contributed by atoms with Crippen LogP contribution in [0, 0.1) is 16.7 Å². The second-order valence-corrected chi connectivity index (χ2v) is 12.9. The largest absolute Gasteiger partial charge is 0.461 e. The lowest BCUT2D eigenvalue weighted by atomic mass is 9.50. The molecular formula is C33H52O4. The molecule has 0 saturated heterocycles. The van der Waals surface area contributed by atoms with Gasteiger partial charge in [0.1, 0.15) is 12.2 Å². The number of rotatable bonds is 16. The summed E-state index contributed by atoms with van der Waals surface area (Å²) in [7, 11) is 0. The molecule has 4 nitrogen and oxygen atoms in total. The van der Waals surface area contributed by atoms with Gasteiger partial charge in [-0.3, -0.25) is 9.59 Å². The van der Waals surface area contributed by atoms with Crippen LogP contribution in [0.3, 0.4) is 0 Å². The van der Waals surface area contributed by atoms with Gasteiger partial charge in [-0.25, -0.2) is 0 Å². The van der Waals surface area contributed by atoms with Crippen molar-refractivity contribution in [1.82, 2.24) is 0 Å². The highest BCUT2D eigenvalue weighted by atomic mass is 16.5. The fourth-order valence-electron chi connectivity index (χ4n) is 7.02. The van der Waals surface area contributed by atoms with Gasteiger partial charge in [-0.15, -0.1) is 0 Å². The fourth-order valence-corrected chi connectivity index (χ4v) is 7.02. The molecule has 0 aromatic carbocycles. The van der Waals surface area contributed by atoms with E-state index < -0.39 is 5.60 Å². The summed E-state index contributed by atoms with van der Waals surface area (Å²) in [6.07, 6.45) is 25.4. The molecule has 0 radical (unpaired) electrons. The van der Waals surface area contributed by atoms with Gasteiger partial charge in [0, 0.05) is 17.9 Å². The molecule has 0 bridgehead atoms. The van der Waals surface area contributed by atoms with E-state index in [1.165, 1.54) is 38.5 Å². The van der Waals surface area contributed by atoms with Crippen LogP contribution in [0.25, 0.3) is 0 Å². The van der Waals surface area contributed by atoms with E-state index in [9.17, 15) is 14.7 Å². The number of esters is 1. The molecule has 3 rings (SSSR count). The Bertz CT molecular complexity index is 879. The Labute approximate surface area is 226 Å². The number of unbranched alkanes of at least 4 members (excludes halogenated alkanes) is 8. The molecule has 0 spiro atoms. The minimum Gasteiger partial charge on any atom is -0.461 e. The molecule has 2 fully saturated rings. The summed E-state index contributed by atoms with van der Waals surface area (Å²) in [5.74, 6) is -0.424. The van der Waals surface area contributed by atoms with Crippen LogP contribution in [-0.4, -0.2) is 29.1 Å². The minimum atomic E-state index is -1.30. The lowest BCUT2D eigenvalue weighted by Crippen LogP contribution is -2.57. The lowest BCUT2D eigenvalue weighted by Gasteiger charge is -2.55. The Kier molecular flexibility index (Phi) is 10.8. The molecule has 0 aromatic rings. The molecule has 4 heteroatoms. The fraction of sp³-hybridized carbons (Fsp3) is 0.758. The van der Waals surface area contributed by atoms with Crippen molar-refractivity contribution >= 4 is 11.8 Å². The summed E-state index contributed by atoms with van der Waals surface area (Å²) < 4.78 is 5.57. The summed E-state index contributed by atoms with van der Waals surface area (Å²) in [5.41, 5.74) is 0.238. The SMILES string of the molecule is CCCCC/C=C\C/C=C\CCCCCCCC(=O)OCC1=C2CC[C@]2(C)[C@H]2CC(C)(C)C[C@@]2(O)C1=O. The van der Waals surface area contributed by atoms with E-state index in [-0.39, 0.29) is 35.1 Å². The van der Waals surface area contributed by atoms with Crippen molar-refractivity contribution in [3.05, 3.63) is 35.5 Å². The third kappa shape index (κ3) is 7.46. The van der Waals surface area contributed by atoms with Crippen molar-refractivity contribution in [2.24, 2.45) is 16.7 Å². The van der Waals surface area contributed by atoms with Crippen LogP contribution < -0.4 is 0 Å². The van der Waals surface area contributed by atoms with Crippen LogP contribution in [0.1, 0.15) is 130 Å². The summed E-state index contributed by atoms with van der Waals surface area (Å²) in [6.45, 7) is 8.74. The van der Waals surface area contributed by atoms with Gasteiger partial charge in [0.15, 0.2) is 5.78 Å². The Balaban J connectivity index is 1.29. The van der Waals surface area contributed by atoms with Gasteiger partial charge < -0.3 is 9.84 Å². The summed E-state index contributed by atoms with van der Waals surface area (Å²) in [5, 5.41) is 11.5. The molecule has 0 heterocycles. The Morgan fingerprint density at radius 1 is 0.973 bits per heavy atom. The number of hydrogen-bond donors (Lipinski definition) is 1. The Hall–Kier alpha value is -1.68. The van der Waals surface area contributed by atoms with Gasteiger partial charge in [-0.05, 0) is 75.0 Å². The van der Waals surface area contributed by atoms with Crippen molar-refractivity contribution in [3.63, 3.8) is 0 Å². The van der Waals surface area contributed by atoms with E-state index in [4.69, 9.17) is 4.74 Å². The predicted molar refractivity (Wildman–Crippen MR) is 151 cm³/mol. The average molecular weight is 513 g/mol. The normalized spacial score (nSPS) is 28.6. The number of carbonyl (C=O) groups excluding carboxylic acids is 2. The third-order valence-electron chi connectivity index (χ3n) is 9.17. The smallest absolute Gasteiger partial charge is 0.306 e. The zero-order valence-corrected chi connectivity index (χ0v) is 24.1. The van der Waals surface area contributed by atoms with Crippen LogP contribution in [0.4, 0.5) is 0 Å². The topological polar surface area (TPSA) is 63.6 Å². The number of allylic oxidation sites excluding steroid dienone is 5. The summed E-state index contributed by atoms with van der Waals surface area (Å²) >= 11 is 0. The number of fused-ring (bicyclic) bond motifs is 3. The number of aliphatic hydroxyl groups is 1. The number of ketones is 1. The van der Waals surface area contributed by atoms with E-state index >= 15 is 0 Å². The van der Waals surface area contributed by atoms with Gasteiger partial charge in [0.25, 0.3) is 0 Å². The first-order valence-corrected chi connectivity index (χ1v) is 15.1. The number of hydrogen-bond acceptors (Lipinski definition) is 4. The number of carbonyl (C=O) groups is 2. The van der Waals surface area contributed by atoms with Crippen LogP contribution >= 0.6 is 0 Å². The van der Waals surface area contributed by atoms with Crippen molar-refractivity contribution in [2.75, 3.05) is 6.61 Å². The van der Waals surface area contributed by atoms with Crippen LogP contribution in [0.2, 0.25) is 0 Å². The van der Waals surface area contributed by atoms with Gasteiger partial charge in [-0.2, -0.15) is 0 Å². The average Bonchev–Trinajstić information content (AvgIpc) is 3.11. The quantitative estimate of drug-likeness (QED) is 0.129. The standard InChI is InChI=1S/C33H52O4/c1-5-6-7-8-9-10-11-12-13-14-15-16-17-18-19-20-29(34)37-24-26-27-21-22-32(27,4)28-23-31(2,3)25-33(28,36)30(26)35/h9-10,12-13,28,36H,5-8,11,14-25H2,1-4H3/b10-9-,13-12-/t28-,32+,33+/m1/s1. The maximum absolute atomic E-state index is 13.4. The number of Topliss-reactive ketones (excluding diaryl/α,β-unsaturated/α-hetero) is 1. The molecule has 1 N–H and O–H groups in total. The van der Waals surface area contributed by atoms with Crippen molar-refractivity contribution in [3.8, 4) is 0 Å². The Morgan fingerprint density at radius 2 is 1.62 bits per heavy atom. The van der Waals surface area contributed by atoms with Crippen LogP contribution in [0.15, 0.2) is 35.5 Å².